The number of amides is 1. The Morgan fingerprint density at radius 3 is 2.74 bits per heavy atom. The Balaban J connectivity index is 1.88. The van der Waals surface area contributed by atoms with E-state index in [1.807, 2.05) is 0 Å². The van der Waals surface area contributed by atoms with Crippen molar-refractivity contribution >= 4 is 29.1 Å². The molecule has 1 aliphatic rings. The molecule has 19 heavy (non-hydrogen) atoms. The van der Waals surface area contributed by atoms with Gasteiger partial charge in [0.05, 0.1) is 11.1 Å². The first-order valence-electron chi connectivity index (χ1n) is 6.10. The quantitative estimate of drug-likeness (QED) is 0.932. The topological polar surface area (TPSA) is 49.8 Å². The van der Waals surface area contributed by atoms with Crippen LogP contribution in [-0.2, 0) is 4.79 Å². The van der Waals surface area contributed by atoms with E-state index in [1.54, 1.807) is 23.1 Å². The van der Waals surface area contributed by atoms with Gasteiger partial charge in [0.2, 0.25) is 0 Å². The van der Waals surface area contributed by atoms with Gasteiger partial charge in [-0.2, -0.15) is 0 Å². The largest absolute Gasteiger partial charge is 0.482 e. The summed E-state index contributed by atoms with van der Waals surface area (Å²) in [6.07, 6.45) is 0.931. The molecular weight excluding hydrogens is 289 g/mol. The SMILES string of the molecule is O=C(COc1cc(Cl)ccc1Cl)N1CCC(O)CC1. The second-order valence-electron chi connectivity index (χ2n) is 4.48. The number of benzene rings is 1. The number of ether oxygens (including phenoxy) is 1. The van der Waals surface area contributed by atoms with E-state index in [4.69, 9.17) is 27.9 Å². The second-order valence-corrected chi connectivity index (χ2v) is 5.32. The number of aliphatic hydroxyl groups is 1. The molecule has 1 aromatic rings. The van der Waals surface area contributed by atoms with E-state index in [2.05, 4.69) is 0 Å². The molecule has 0 bridgehead atoms. The predicted molar refractivity (Wildman–Crippen MR) is 73.8 cm³/mol. The molecule has 0 radical (unpaired) electrons. The summed E-state index contributed by atoms with van der Waals surface area (Å²) in [5.41, 5.74) is 0. The van der Waals surface area contributed by atoms with Crippen molar-refractivity contribution in [2.45, 2.75) is 18.9 Å². The lowest BCUT2D eigenvalue weighted by Gasteiger charge is -2.29. The fraction of sp³-hybridized carbons (Fsp3) is 0.462. The van der Waals surface area contributed by atoms with E-state index in [1.165, 1.54) is 0 Å². The first-order valence-corrected chi connectivity index (χ1v) is 6.85. The zero-order valence-corrected chi connectivity index (χ0v) is 11.8. The predicted octanol–water partition coefficient (Wildman–Crippen LogP) is 2.36. The fourth-order valence-electron chi connectivity index (χ4n) is 1.93. The Kier molecular flexibility index (Phi) is 4.91. The Morgan fingerprint density at radius 1 is 1.37 bits per heavy atom. The maximum atomic E-state index is 11.9. The van der Waals surface area contributed by atoms with Crippen LogP contribution in [0.4, 0.5) is 0 Å². The number of hydrogen-bond acceptors (Lipinski definition) is 3. The number of carbonyl (C=O) groups excluding carboxylic acids is 1. The van der Waals surface area contributed by atoms with Gasteiger partial charge in [-0.15, -0.1) is 0 Å². The van der Waals surface area contributed by atoms with E-state index in [0.717, 1.165) is 0 Å². The highest BCUT2D eigenvalue weighted by Gasteiger charge is 2.21. The van der Waals surface area contributed by atoms with Crippen molar-refractivity contribution in [2.75, 3.05) is 19.7 Å². The van der Waals surface area contributed by atoms with Crippen LogP contribution >= 0.6 is 23.2 Å². The molecule has 0 aromatic heterocycles. The maximum Gasteiger partial charge on any atom is 0.260 e. The number of likely N-dealkylation sites (tertiary alicyclic amines) is 1. The number of aliphatic hydroxyl groups excluding tert-OH is 1. The van der Waals surface area contributed by atoms with Crippen molar-refractivity contribution in [3.8, 4) is 5.75 Å². The molecule has 0 aliphatic carbocycles. The van der Waals surface area contributed by atoms with Crippen LogP contribution < -0.4 is 4.74 Å². The van der Waals surface area contributed by atoms with Crippen molar-refractivity contribution < 1.29 is 14.6 Å². The van der Waals surface area contributed by atoms with Crippen LogP contribution in [0.5, 0.6) is 5.75 Å². The monoisotopic (exact) mass is 303 g/mol. The summed E-state index contributed by atoms with van der Waals surface area (Å²) in [6.45, 7) is 1.05. The summed E-state index contributed by atoms with van der Waals surface area (Å²) in [6, 6.07) is 4.86. The standard InChI is InChI=1S/C13H15Cl2NO3/c14-9-1-2-11(15)12(7-9)19-8-13(18)16-5-3-10(17)4-6-16/h1-2,7,10,17H,3-6,8H2. The number of rotatable bonds is 3. The molecule has 1 amide bonds. The smallest absolute Gasteiger partial charge is 0.260 e. The van der Waals surface area contributed by atoms with Crippen LogP contribution in [0, 0.1) is 0 Å². The first kappa shape index (κ1) is 14.4. The van der Waals surface area contributed by atoms with Gasteiger partial charge < -0.3 is 14.7 Å². The third kappa shape index (κ3) is 4.00. The number of hydrogen-bond donors (Lipinski definition) is 1. The summed E-state index contributed by atoms with van der Waals surface area (Å²) in [7, 11) is 0. The molecule has 0 saturated carbocycles. The summed E-state index contributed by atoms with van der Waals surface area (Å²) in [5, 5.41) is 10.3. The molecule has 104 valence electrons. The van der Waals surface area contributed by atoms with E-state index in [0.29, 0.717) is 41.7 Å². The molecule has 1 heterocycles. The molecule has 2 rings (SSSR count). The molecule has 0 unspecified atom stereocenters. The van der Waals surface area contributed by atoms with Gasteiger partial charge in [0.15, 0.2) is 6.61 Å². The second kappa shape index (κ2) is 6.46. The number of halogens is 2. The minimum atomic E-state index is -0.299. The van der Waals surface area contributed by atoms with Crippen LogP contribution in [0.1, 0.15) is 12.8 Å². The third-order valence-corrected chi connectivity index (χ3v) is 3.61. The zero-order valence-electron chi connectivity index (χ0n) is 10.3. The Bertz CT molecular complexity index is 459. The molecule has 1 fully saturated rings. The molecule has 1 N–H and O–H groups in total. The van der Waals surface area contributed by atoms with Gasteiger partial charge in [0.1, 0.15) is 5.75 Å². The number of piperidine rings is 1. The van der Waals surface area contributed by atoms with Crippen LogP contribution in [-0.4, -0.2) is 41.7 Å². The summed E-state index contributed by atoms with van der Waals surface area (Å²) < 4.78 is 5.39. The summed E-state index contributed by atoms with van der Waals surface area (Å²) in [4.78, 5) is 13.6. The summed E-state index contributed by atoms with van der Waals surface area (Å²) >= 11 is 11.8. The van der Waals surface area contributed by atoms with E-state index in [9.17, 15) is 9.90 Å². The molecule has 1 aromatic carbocycles. The van der Waals surface area contributed by atoms with Crippen molar-refractivity contribution in [3.63, 3.8) is 0 Å². The van der Waals surface area contributed by atoms with Crippen molar-refractivity contribution in [1.82, 2.24) is 4.90 Å². The highest BCUT2D eigenvalue weighted by atomic mass is 35.5. The minimum absolute atomic E-state index is 0.0733. The van der Waals surface area contributed by atoms with Crippen LogP contribution in [0.3, 0.4) is 0 Å². The summed E-state index contributed by atoms with van der Waals surface area (Å²) in [5.74, 6) is 0.294. The molecular formula is C13H15Cl2NO3. The van der Waals surface area contributed by atoms with E-state index in [-0.39, 0.29) is 18.6 Å². The number of carbonyl (C=O) groups is 1. The Labute approximate surface area is 121 Å². The van der Waals surface area contributed by atoms with E-state index >= 15 is 0 Å². The average molecular weight is 304 g/mol. The van der Waals surface area contributed by atoms with Gasteiger partial charge in [-0.1, -0.05) is 23.2 Å². The number of nitrogens with zero attached hydrogens (tertiary/aromatic N) is 1. The van der Waals surface area contributed by atoms with Gasteiger partial charge >= 0.3 is 0 Å². The lowest BCUT2D eigenvalue weighted by Crippen LogP contribution is -2.42. The van der Waals surface area contributed by atoms with E-state index < -0.39 is 0 Å². The molecule has 0 spiro atoms. The Morgan fingerprint density at radius 2 is 2.05 bits per heavy atom. The van der Waals surface area contributed by atoms with Gasteiger partial charge in [0, 0.05) is 24.2 Å². The zero-order chi connectivity index (χ0) is 13.8. The highest BCUT2D eigenvalue weighted by molar-refractivity contribution is 6.34. The maximum absolute atomic E-state index is 11.9. The molecule has 1 aliphatic heterocycles. The van der Waals surface area contributed by atoms with Gasteiger partial charge in [-0.25, -0.2) is 0 Å². The van der Waals surface area contributed by atoms with Gasteiger partial charge in [0.25, 0.3) is 5.91 Å². The van der Waals surface area contributed by atoms with Gasteiger partial charge in [-0.05, 0) is 25.0 Å². The van der Waals surface area contributed by atoms with Crippen molar-refractivity contribution in [2.24, 2.45) is 0 Å². The van der Waals surface area contributed by atoms with Gasteiger partial charge in [-0.3, -0.25) is 4.79 Å². The average Bonchev–Trinajstić information content (AvgIpc) is 2.40. The Hall–Kier alpha value is -0.970. The molecule has 6 heteroatoms. The van der Waals surface area contributed by atoms with Crippen molar-refractivity contribution in [1.29, 1.82) is 0 Å². The normalized spacial score (nSPS) is 16.5. The lowest BCUT2D eigenvalue weighted by atomic mass is 10.1. The highest BCUT2D eigenvalue weighted by Crippen LogP contribution is 2.27. The fourth-order valence-corrected chi connectivity index (χ4v) is 2.27. The van der Waals surface area contributed by atoms with Crippen LogP contribution in [0.15, 0.2) is 18.2 Å². The molecule has 0 atom stereocenters. The molecule has 1 saturated heterocycles. The first-order chi connectivity index (χ1) is 9.06. The third-order valence-electron chi connectivity index (χ3n) is 3.06. The minimum Gasteiger partial charge on any atom is -0.482 e. The van der Waals surface area contributed by atoms with Crippen LogP contribution in [0.2, 0.25) is 10.0 Å². The lowest BCUT2D eigenvalue weighted by molar-refractivity contribution is -0.135. The van der Waals surface area contributed by atoms with Crippen LogP contribution in [0.25, 0.3) is 0 Å². The van der Waals surface area contributed by atoms with Crippen molar-refractivity contribution in [3.05, 3.63) is 28.2 Å². The molecule has 4 nitrogen and oxygen atoms in total.